The average molecular weight is 331 g/mol. The van der Waals surface area contributed by atoms with Crippen molar-refractivity contribution in [2.24, 2.45) is 0 Å². The van der Waals surface area contributed by atoms with Crippen LogP contribution in [-0.4, -0.2) is 19.1 Å². The summed E-state index contributed by atoms with van der Waals surface area (Å²) < 4.78 is 1.13. The fourth-order valence-corrected chi connectivity index (χ4v) is 3.13. The first kappa shape index (κ1) is 13.5. The van der Waals surface area contributed by atoms with Gasteiger partial charge in [0.1, 0.15) is 0 Å². The van der Waals surface area contributed by atoms with E-state index in [1.165, 1.54) is 24.2 Å². The molecule has 0 radical (unpaired) electrons. The third-order valence-electron chi connectivity index (χ3n) is 3.81. The van der Waals surface area contributed by atoms with Gasteiger partial charge >= 0.3 is 0 Å². The Balaban J connectivity index is 1.56. The largest absolute Gasteiger partial charge is 0.382 e. The molecule has 0 atom stereocenters. The number of hydrogen-bond acceptors (Lipinski definition) is 2. The van der Waals surface area contributed by atoms with E-state index in [9.17, 15) is 0 Å². The van der Waals surface area contributed by atoms with Crippen molar-refractivity contribution in [3.63, 3.8) is 0 Å². The van der Waals surface area contributed by atoms with Crippen molar-refractivity contribution in [1.29, 1.82) is 0 Å². The van der Waals surface area contributed by atoms with E-state index in [-0.39, 0.29) is 0 Å². The Morgan fingerprint density at radius 1 is 0.950 bits per heavy atom. The minimum Gasteiger partial charge on any atom is -0.382 e. The molecule has 0 spiro atoms. The van der Waals surface area contributed by atoms with Crippen LogP contribution in [0.1, 0.15) is 12.8 Å². The zero-order chi connectivity index (χ0) is 13.8. The maximum Gasteiger partial charge on any atom is 0.0366 e. The summed E-state index contributed by atoms with van der Waals surface area (Å²) in [6.45, 7) is 2.24. The van der Waals surface area contributed by atoms with E-state index in [2.05, 4.69) is 80.7 Å². The Hall–Kier alpha value is -1.48. The van der Waals surface area contributed by atoms with Crippen LogP contribution in [0.5, 0.6) is 0 Å². The molecule has 3 heteroatoms. The van der Waals surface area contributed by atoms with Crippen LogP contribution in [0.4, 0.5) is 11.4 Å². The van der Waals surface area contributed by atoms with Crippen molar-refractivity contribution in [2.45, 2.75) is 18.9 Å². The predicted octanol–water partition coefficient (Wildman–Crippen LogP) is 4.53. The lowest BCUT2D eigenvalue weighted by atomic mass is 10.0. The Morgan fingerprint density at radius 3 is 2.40 bits per heavy atom. The second-order valence-electron chi connectivity index (χ2n) is 5.25. The molecule has 0 unspecified atom stereocenters. The molecule has 104 valence electrons. The van der Waals surface area contributed by atoms with E-state index in [1.54, 1.807) is 0 Å². The second kappa shape index (κ2) is 6.31. The highest BCUT2D eigenvalue weighted by Gasteiger charge is 2.19. The summed E-state index contributed by atoms with van der Waals surface area (Å²) in [6.07, 6.45) is 2.36. The molecule has 20 heavy (non-hydrogen) atoms. The molecule has 2 nitrogen and oxygen atoms in total. The van der Waals surface area contributed by atoms with Gasteiger partial charge in [0.25, 0.3) is 0 Å². The number of hydrogen-bond donors (Lipinski definition) is 1. The molecule has 0 amide bonds. The van der Waals surface area contributed by atoms with Crippen LogP contribution in [0.2, 0.25) is 0 Å². The Morgan fingerprint density at radius 2 is 1.70 bits per heavy atom. The molecule has 2 aromatic carbocycles. The molecule has 3 rings (SSSR count). The third kappa shape index (κ3) is 3.34. The number of para-hydroxylation sites is 1. The van der Waals surface area contributed by atoms with Crippen LogP contribution >= 0.6 is 15.9 Å². The van der Waals surface area contributed by atoms with E-state index >= 15 is 0 Å². The van der Waals surface area contributed by atoms with Crippen LogP contribution in [0.3, 0.4) is 0 Å². The Kier molecular flexibility index (Phi) is 4.26. The van der Waals surface area contributed by atoms with E-state index in [0.717, 1.165) is 17.6 Å². The normalized spacial score (nSPS) is 16.1. The molecule has 1 N–H and O–H groups in total. The second-order valence-corrected chi connectivity index (χ2v) is 6.17. The van der Waals surface area contributed by atoms with Gasteiger partial charge in [-0.15, -0.1) is 0 Å². The summed E-state index contributed by atoms with van der Waals surface area (Å²) in [5.41, 5.74) is 2.55. The van der Waals surface area contributed by atoms with Crippen LogP contribution in [0, 0.1) is 0 Å². The number of benzene rings is 2. The van der Waals surface area contributed by atoms with Crippen LogP contribution in [0.25, 0.3) is 0 Å². The molecule has 0 saturated carbocycles. The Bertz CT molecular complexity index is 548. The van der Waals surface area contributed by atoms with Gasteiger partial charge in [0.15, 0.2) is 0 Å². The zero-order valence-electron chi connectivity index (χ0n) is 11.4. The predicted molar refractivity (Wildman–Crippen MR) is 89.4 cm³/mol. The maximum absolute atomic E-state index is 3.64. The quantitative estimate of drug-likeness (QED) is 0.889. The highest BCUT2D eigenvalue weighted by atomic mass is 79.9. The fraction of sp³-hybridized carbons (Fsp3) is 0.294. The molecule has 0 aliphatic carbocycles. The molecular weight excluding hydrogens is 312 g/mol. The molecule has 0 aromatic heterocycles. The van der Waals surface area contributed by atoms with Crippen molar-refractivity contribution in [2.75, 3.05) is 23.3 Å². The number of nitrogens with zero attached hydrogens (tertiary/aromatic N) is 1. The van der Waals surface area contributed by atoms with Gasteiger partial charge in [-0.05, 0) is 43.2 Å². The van der Waals surface area contributed by atoms with Crippen molar-refractivity contribution >= 4 is 27.3 Å². The SMILES string of the molecule is Brc1cccc(NC2CCN(c3ccccc3)CC2)c1. The van der Waals surface area contributed by atoms with Gasteiger partial charge in [0.2, 0.25) is 0 Å². The van der Waals surface area contributed by atoms with Crippen LogP contribution < -0.4 is 10.2 Å². The van der Waals surface area contributed by atoms with E-state index in [1.807, 2.05) is 0 Å². The monoisotopic (exact) mass is 330 g/mol. The smallest absolute Gasteiger partial charge is 0.0366 e. The zero-order valence-corrected chi connectivity index (χ0v) is 13.0. The maximum atomic E-state index is 3.64. The van der Waals surface area contributed by atoms with E-state index < -0.39 is 0 Å². The van der Waals surface area contributed by atoms with Gasteiger partial charge in [-0.25, -0.2) is 0 Å². The van der Waals surface area contributed by atoms with Crippen molar-refractivity contribution in [3.05, 3.63) is 59.1 Å². The minimum absolute atomic E-state index is 0.573. The first-order valence-corrected chi connectivity index (χ1v) is 7.93. The number of piperidine rings is 1. The van der Waals surface area contributed by atoms with E-state index in [0.29, 0.717) is 6.04 Å². The van der Waals surface area contributed by atoms with Gasteiger partial charge in [-0.2, -0.15) is 0 Å². The van der Waals surface area contributed by atoms with Crippen molar-refractivity contribution in [3.8, 4) is 0 Å². The summed E-state index contributed by atoms with van der Waals surface area (Å²) in [5.74, 6) is 0. The summed E-state index contributed by atoms with van der Waals surface area (Å²) in [6, 6.07) is 19.7. The van der Waals surface area contributed by atoms with Gasteiger partial charge in [-0.3, -0.25) is 0 Å². The number of rotatable bonds is 3. The van der Waals surface area contributed by atoms with E-state index in [4.69, 9.17) is 0 Å². The summed E-state index contributed by atoms with van der Waals surface area (Å²) >= 11 is 3.52. The molecule has 0 bridgehead atoms. The number of anilines is 2. The van der Waals surface area contributed by atoms with Crippen molar-refractivity contribution in [1.82, 2.24) is 0 Å². The first-order valence-electron chi connectivity index (χ1n) is 7.13. The lowest BCUT2D eigenvalue weighted by Crippen LogP contribution is -2.39. The van der Waals surface area contributed by atoms with Crippen molar-refractivity contribution < 1.29 is 0 Å². The van der Waals surface area contributed by atoms with Crippen LogP contribution in [0.15, 0.2) is 59.1 Å². The minimum atomic E-state index is 0.573. The van der Waals surface area contributed by atoms with Gasteiger partial charge < -0.3 is 10.2 Å². The number of nitrogens with one attached hydrogen (secondary N) is 1. The molecular formula is C17H19BrN2. The standard InChI is InChI=1S/C17H19BrN2/c18-14-5-4-6-16(13-14)19-15-9-11-20(12-10-15)17-7-2-1-3-8-17/h1-8,13,15,19H,9-12H2. The number of halogens is 1. The Labute approximate surface area is 128 Å². The molecule has 1 aliphatic heterocycles. The summed E-state index contributed by atoms with van der Waals surface area (Å²) in [5, 5.41) is 3.64. The van der Waals surface area contributed by atoms with Crippen LogP contribution in [-0.2, 0) is 0 Å². The highest BCUT2D eigenvalue weighted by Crippen LogP contribution is 2.23. The van der Waals surface area contributed by atoms with Gasteiger partial charge in [0, 0.05) is 35.0 Å². The lowest BCUT2D eigenvalue weighted by molar-refractivity contribution is 0.527. The highest BCUT2D eigenvalue weighted by molar-refractivity contribution is 9.10. The third-order valence-corrected chi connectivity index (χ3v) is 4.30. The fourth-order valence-electron chi connectivity index (χ4n) is 2.73. The molecule has 1 saturated heterocycles. The van der Waals surface area contributed by atoms with Gasteiger partial charge in [0.05, 0.1) is 0 Å². The lowest BCUT2D eigenvalue weighted by Gasteiger charge is -2.34. The summed E-state index contributed by atoms with van der Waals surface area (Å²) in [4.78, 5) is 2.47. The molecule has 1 aliphatic rings. The summed E-state index contributed by atoms with van der Waals surface area (Å²) in [7, 11) is 0. The van der Waals surface area contributed by atoms with Gasteiger partial charge in [-0.1, -0.05) is 40.2 Å². The molecule has 1 heterocycles. The average Bonchev–Trinajstić information content (AvgIpc) is 2.49. The molecule has 1 fully saturated rings. The first-order chi connectivity index (χ1) is 9.81. The topological polar surface area (TPSA) is 15.3 Å². The molecule has 2 aromatic rings.